The van der Waals surface area contributed by atoms with Crippen molar-refractivity contribution in [1.29, 1.82) is 0 Å². The number of carbonyl (C=O) groups excluding carboxylic acids is 1. The Morgan fingerprint density at radius 1 is 1.19 bits per heavy atom. The molecular formula is C23H24N2O2. The molecule has 4 rings (SSSR count). The van der Waals surface area contributed by atoms with Gasteiger partial charge in [0.2, 0.25) is 0 Å². The van der Waals surface area contributed by atoms with Crippen molar-refractivity contribution in [3.05, 3.63) is 65.2 Å². The van der Waals surface area contributed by atoms with E-state index in [2.05, 4.69) is 36.5 Å². The fourth-order valence-corrected chi connectivity index (χ4v) is 3.56. The lowest BCUT2D eigenvalue weighted by Crippen LogP contribution is -2.32. The second-order valence-corrected chi connectivity index (χ2v) is 7.24. The molecule has 1 saturated heterocycles. The number of para-hydroxylation sites is 1. The van der Waals surface area contributed by atoms with Crippen LogP contribution in [-0.2, 0) is 4.74 Å². The minimum Gasteiger partial charge on any atom is -0.376 e. The molecule has 0 saturated carbocycles. The van der Waals surface area contributed by atoms with E-state index in [1.54, 1.807) is 0 Å². The normalized spacial score (nSPS) is 16.6. The van der Waals surface area contributed by atoms with Crippen LogP contribution in [0, 0.1) is 13.8 Å². The maximum Gasteiger partial charge on any atom is 0.252 e. The van der Waals surface area contributed by atoms with Crippen molar-refractivity contribution >= 4 is 16.8 Å². The van der Waals surface area contributed by atoms with Crippen molar-refractivity contribution in [2.75, 3.05) is 13.2 Å². The summed E-state index contributed by atoms with van der Waals surface area (Å²) in [5, 5.41) is 3.93. The van der Waals surface area contributed by atoms with E-state index in [1.165, 1.54) is 5.56 Å². The molecule has 0 spiro atoms. The quantitative estimate of drug-likeness (QED) is 0.749. The molecule has 4 nitrogen and oxygen atoms in total. The lowest BCUT2D eigenvalue weighted by molar-refractivity contribution is 0.0859. The third-order valence-electron chi connectivity index (χ3n) is 5.15. The van der Waals surface area contributed by atoms with E-state index < -0.39 is 0 Å². The topological polar surface area (TPSA) is 51.2 Å². The highest BCUT2D eigenvalue weighted by Gasteiger charge is 2.19. The Morgan fingerprint density at radius 2 is 2.00 bits per heavy atom. The fourth-order valence-electron chi connectivity index (χ4n) is 3.56. The molecule has 1 aliphatic heterocycles. The van der Waals surface area contributed by atoms with Crippen LogP contribution in [0.3, 0.4) is 0 Å². The molecule has 0 unspecified atom stereocenters. The van der Waals surface area contributed by atoms with Crippen LogP contribution in [0.2, 0.25) is 0 Å². The van der Waals surface area contributed by atoms with Gasteiger partial charge in [0.25, 0.3) is 5.91 Å². The molecule has 1 amide bonds. The highest BCUT2D eigenvalue weighted by molar-refractivity contribution is 6.07. The number of benzene rings is 2. The first-order chi connectivity index (χ1) is 13.1. The first kappa shape index (κ1) is 17.7. The predicted octanol–water partition coefficient (Wildman–Crippen LogP) is 4.43. The summed E-state index contributed by atoms with van der Waals surface area (Å²) < 4.78 is 5.62. The van der Waals surface area contributed by atoms with Crippen LogP contribution in [-0.4, -0.2) is 30.1 Å². The molecule has 0 aliphatic carbocycles. The number of aryl methyl sites for hydroxylation is 2. The zero-order chi connectivity index (χ0) is 18.8. The van der Waals surface area contributed by atoms with E-state index in [0.29, 0.717) is 12.1 Å². The van der Waals surface area contributed by atoms with Gasteiger partial charge in [0.05, 0.1) is 22.9 Å². The van der Waals surface area contributed by atoms with Crippen LogP contribution >= 0.6 is 0 Å². The number of aromatic nitrogens is 1. The maximum absolute atomic E-state index is 13.0. The minimum absolute atomic E-state index is 0.0724. The predicted molar refractivity (Wildman–Crippen MR) is 108 cm³/mol. The summed E-state index contributed by atoms with van der Waals surface area (Å²) in [5.41, 5.74) is 5.63. The van der Waals surface area contributed by atoms with Gasteiger partial charge in [-0.15, -0.1) is 0 Å². The Morgan fingerprint density at radius 3 is 2.74 bits per heavy atom. The first-order valence-corrected chi connectivity index (χ1v) is 9.49. The van der Waals surface area contributed by atoms with Crippen molar-refractivity contribution < 1.29 is 9.53 Å². The van der Waals surface area contributed by atoms with Crippen LogP contribution in [0.5, 0.6) is 0 Å². The SMILES string of the molecule is Cc1ccc(-c2cc(C(=O)NC[C@H]3CCCO3)c3cccc(C)c3n2)cc1. The monoisotopic (exact) mass is 360 g/mol. The van der Waals surface area contributed by atoms with E-state index >= 15 is 0 Å². The van der Waals surface area contributed by atoms with Crippen molar-refractivity contribution in [2.45, 2.75) is 32.8 Å². The number of nitrogens with one attached hydrogen (secondary N) is 1. The number of hydrogen-bond acceptors (Lipinski definition) is 3. The van der Waals surface area contributed by atoms with Crippen molar-refractivity contribution in [2.24, 2.45) is 0 Å². The van der Waals surface area contributed by atoms with Crippen LogP contribution in [0.25, 0.3) is 22.2 Å². The molecule has 2 aromatic carbocycles. The third kappa shape index (κ3) is 3.71. The zero-order valence-corrected chi connectivity index (χ0v) is 15.8. The molecule has 1 atom stereocenters. The molecule has 0 bridgehead atoms. The van der Waals surface area contributed by atoms with Crippen molar-refractivity contribution in [3.8, 4) is 11.3 Å². The summed E-state index contributed by atoms with van der Waals surface area (Å²) >= 11 is 0. The number of nitrogens with zero attached hydrogens (tertiary/aromatic N) is 1. The molecule has 1 aromatic heterocycles. The van der Waals surface area contributed by atoms with Gasteiger partial charge in [0.1, 0.15) is 0 Å². The Labute approximate surface area is 159 Å². The Hall–Kier alpha value is -2.72. The summed E-state index contributed by atoms with van der Waals surface area (Å²) in [7, 11) is 0. The molecule has 1 aliphatic rings. The molecule has 138 valence electrons. The lowest BCUT2D eigenvalue weighted by atomic mass is 10.0. The second kappa shape index (κ2) is 7.49. The first-order valence-electron chi connectivity index (χ1n) is 9.49. The van der Waals surface area contributed by atoms with Crippen LogP contribution in [0.15, 0.2) is 48.5 Å². The van der Waals surface area contributed by atoms with Crippen molar-refractivity contribution in [3.63, 3.8) is 0 Å². The van der Waals surface area contributed by atoms with Gasteiger partial charge < -0.3 is 10.1 Å². The summed E-state index contributed by atoms with van der Waals surface area (Å²) in [6.07, 6.45) is 2.20. The Kier molecular flexibility index (Phi) is 4.90. The minimum atomic E-state index is -0.0724. The third-order valence-corrected chi connectivity index (χ3v) is 5.15. The molecule has 1 N–H and O–H groups in total. The average molecular weight is 360 g/mol. The smallest absolute Gasteiger partial charge is 0.252 e. The van der Waals surface area contributed by atoms with E-state index in [0.717, 1.165) is 47.2 Å². The molecule has 0 radical (unpaired) electrons. The van der Waals surface area contributed by atoms with Crippen molar-refractivity contribution in [1.82, 2.24) is 10.3 Å². The van der Waals surface area contributed by atoms with Crippen LogP contribution < -0.4 is 5.32 Å². The van der Waals surface area contributed by atoms with E-state index in [1.807, 2.05) is 31.2 Å². The average Bonchev–Trinajstić information content (AvgIpc) is 3.20. The Bertz CT molecular complexity index is 974. The number of rotatable bonds is 4. The number of ether oxygens (including phenoxy) is 1. The van der Waals surface area contributed by atoms with Crippen LogP contribution in [0.1, 0.15) is 34.3 Å². The molecule has 3 aromatic rings. The number of hydrogen-bond donors (Lipinski definition) is 1. The molecule has 2 heterocycles. The second-order valence-electron chi connectivity index (χ2n) is 7.24. The van der Waals surface area contributed by atoms with Gasteiger partial charge in [-0.1, -0.05) is 48.0 Å². The summed E-state index contributed by atoms with van der Waals surface area (Å²) in [5.74, 6) is -0.0724. The van der Waals surface area contributed by atoms with Gasteiger partial charge in [-0.05, 0) is 38.3 Å². The summed E-state index contributed by atoms with van der Waals surface area (Å²) in [6.45, 7) is 5.43. The van der Waals surface area contributed by atoms with Crippen LogP contribution in [0.4, 0.5) is 0 Å². The van der Waals surface area contributed by atoms with Gasteiger partial charge in [0, 0.05) is 24.1 Å². The molecule has 4 heteroatoms. The fraction of sp³-hybridized carbons (Fsp3) is 0.304. The molecule has 27 heavy (non-hydrogen) atoms. The lowest BCUT2D eigenvalue weighted by Gasteiger charge is -2.14. The highest BCUT2D eigenvalue weighted by Crippen LogP contribution is 2.27. The summed E-state index contributed by atoms with van der Waals surface area (Å²) in [6, 6.07) is 16.1. The van der Waals surface area contributed by atoms with Gasteiger partial charge in [-0.2, -0.15) is 0 Å². The number of fused-ring (bicyclic) bond motifs is 1. The number of pyridine rings is 1. The van der Waals surface area contributed by atoms with E-state index in [-0.39, 0.29) is 12.0 Å². The van der Waals surface area contributed by atoms with Gasteiger partial charge in [-0.3, -0.25) is 4.79 Å². The van der Waals surface area contributed by atoms with E-state index in [4.69, 9.17) is 9.72 Å². The molecule has 1 fully saturated rings. The van der Waals surface area contributed by atoms with Gasteiger partial charge in [0.15, 0.2) is 0 Å². The zero-order valence-electron chi connectivity index (χ0n) is 15.8. The largest absolute Gasteiger partial charge is 0.376 e. The highest BCUT2D eigenvalue weighted by atomic mass is 16.5. The number of carbonyl (C=O) groups is 1. The van der Waals surface area contributed by atoms with Gasteiger partial charge in [-0.25, -0.2) is 4.98 Å². The molecular weight excluding hydrogens is 336 g/mol. The summed E-state index contributed by atoms with van der Waals surface area (Å²) in [4.78, 5) is 17.8. The number of amides is 1. The van der Waals surface area contributed by atoms with Gasteiger partial charge >= 0.3 is 0 Å². The Balaban J connectivity index is 1.74. The van der Waals surface area contributed by atoms with E-state index in [9.17, 15) is 4.79 Å². The standard InChI is InChI=1S/C23H24N2O2/c1-15-8-10-17(11-9-15)21-13-20(19-7-3-5-16(2)22(19)25-21)23(26)24-14-18-6-4-12-27-18/h3,5,7-11,13,18H,4,6,12,14H2,1-2H3,(H,24,26)/t18-/m1/s1. The maximum atomic E-state index is 13.0.